The third-order valence-electron chi connectivity index (χ3n) is 6.46. The predicted molar refractivity (Wildman–Crippen MR) is 132 cm³/mol. The monoisotopic (exact) mass is 486 g/mol. The van der Waals surface area contributed by atoms with Crippen molar-refractivity contribution in [1.29, 1.82) is 0 Å². The van der Waals surface area contributed by atoms with Crippen molar-refractivity contribution in [2.45, 2.75) is 32.6 Å². The van der Waals surface area contributed by atoms with Crippen LogP contribution in [0.25, 0.3) is 4.96 Å². The predicted octanol–water partition coefficient (Wildman–Crippen LogP) is 3.46. The number of carbonyl (C=O) groups excluding carboxylic acids is 1. The molecule has 8 nitrogen and oxygen atoms in total. The SMILES string of the molecule is Cc1ccc(Cl)cc1N1CCN(C(=O)c2cnc3sc(N4CCCCCC4)nn3c2=O)CC1. The summed E-state index contributed by atoms with van der Waals surface area (Å²) in [5, 5.41) is 6.03. The molecule has 5 rings (SSSR count). The summed E-state index contributed by atoms with van der Waals surface area (Å²) < 4.78 is 1.30. The Balaban J connectivity index is 1.33. The van der Waals surface area contributed by atoms with Gasteiger partial charge >= 0.3 is 0 Å². The lowest BCUT2D eigenvalue weighted by Crippen LogP contribution is -2.50. The molecule has 1 amide bonds. The average molecular weight is 487 g/mol. The Morgan fingerprint density at radius 2 is 1.73 bits per heavy atom. The fourth-order valence-corrected chi connectivity index (χ4v) is 5.64. The van der Waals surface area contributed by atoms with Crippen molar-refractivity contribution >= 4 is 44.6 Å². The molecule has 2 aliphatic heterocycles. The first-order chi connectivity index (χ1) is 16.0. The van der Waals surface area contributed by atoms with Crippen LogP contribution in [-0.4, -0.2) is 64.7 Å². The molecule has 0 spiro atoms. The summed E-state index contributed by atoms with van der Waals surface area (Å²) in [5.74, 6) is -0.284. The van der Waals surface area contributed by atoms with E-state index in [2.05, 4.69) is 26.8 Å². The maximum absolute atomic E-state index is 13.2. The molecule has 174 valence electrons. The summed E-state index contributed by atoms with van der Waals surface area (Å²) in [6.45, 7) is 6.36. The molecule has 0 unspecified atom stereocenters. The second kappa shape index (κ2) is 9.30. The van der Waals surface area contributed by atoms with Gasteiger partial charge in [0.15, 0.2) is 0 Å². The highest BCUT2D eigenvalue weighted by atomic mass is 35.5. The number of amides is 1. The second-order valence-corrected chi connectivity index (χ2v) is 10.0. The number of fused-ring (bicyclic) bond motifs is 1. The molecule has 4 heterocycles. The molecule has 1 aromatic carbocycles. The Kier molecular flexibility index (Phi) is 6.25. The van der Waals surface area contributed by atoms with Gasteiger partial charge in [-0.25, -0.2) is 4.98 Å². The van der Waals surface area contributed by atoms with Crippen molar-refractivity contribution in [3.63, 3.8) is 0 Å². The number of nitrogens with zero attached hydrogens (tertiary/aromatic N) is 6. The van der Waals surface area contributed by atoms with Crippen LogP contribution in [0.3, 0.4) is 0 Å². The van der Waals surface area contributed by atoms with E-state index in [0.29, 0.717) is 36.2 Å². The molecule has 2 aromatic heterocycles. The molecule has 0 aliphatic carbocycles. The van der Waals surface area contributed by atoms with Gasteiger partial charge < -0.3 is 14.7 Å². The van der Waals surface area contributed by atoms with Gasteiger partial charge in [-0.1, -0.05) is 41.8 Å². The van der Waals surface area contributed by atoms with Gasteiger partial charge in [0.25, 0.3) is 11.5 Å². The zero-order valence-corrected chi connectivity index (χ0v) is 20.2. The van der Waals surface area contributed by atoms with Crippen molar-refractivity contribution in [2.24, 2.45) is 0 Å². The molecule has 2 fully saturated rings. The largest absolute Gasteiger partial charge is 0.368 e. The van der Waals surface area contributed by atoms with Crippen LogP contribution in [0.15, 0.2) is 29.2 Å². The maximum atomic E-state index is 13.2. The normalized spacial score (nSPS) is 17.5. The summed E-state index contributed by atoms with van der Waals surface area (Å²) in [6.07, 6.45) is 6.12. The van der Waals surface area contributed by atoms with Gasteiger partial charge in [-0.15, -0.1) is 5.10 Å². The summed E-state index contributed by atoms with van der Waals surface area (Å²) in [6, 6.07) is 5.85. The van der Waals surface area contributed by atoms with Crippen LogP contribution in [0.4, 0.5) is 10.8 Å². The number of piperazine rings is 1. The average Bonchev–Trinajstić information content (AvgIpc) is 3.08. The topological polar surface area (TPSA) is 74.1 Å². The van der Waals surface area contributed by atoms with Crippen molar-refractivity contribution in [1.82, 2.24) is 19.5 Å². The van der Waals surface area contributed by atoms with Crippen LogP contribution in [0, 0.1) is 6.92 Å². The van der Waals surface area contributed by atoms with Crippen LogP contribution < -0.4 is 15.4 Å². The van der Waals surface area contributed by atoms with Crippen molar-refractivity contribution in [3.8, 4) is 0 Å². The first-order valence-electron chi connectivity index (χ1n) is 11.5. The lowest BCUT2D eigenvalue weighted by Gasteiger charge is -2.36. The van der Waals surface area contributed by atoms with Crippen LogP contribution in [0.1, 0.15) is 41.6 Å². The number of aromatic nitrogens is 3. The number of aryl methyl sites for hydroxylation is 1. The summed E-state index contributed by atoms with van der Waals surface area (Å²) in [5.41, 5.74) is 1.92. The maximum Gasteiger partial charge on any atom is 0.288 e. The van der Waals surface area contributed by atoms with E-state index in [4.69, 9.17) is 11.6 Å². The van der Waals surface area contributed by atoms with Gasteiger partial charge in [-0.05, 0) is 37.5 Å². The highest BCUT2D eigenvalue weighted by Crippen LogP contribution is 2.26. The number of carbonyl (C=O) groups is 1. The van der Waals surface area contributed by atoms with Gasteiger partial charge in [0.1, 0.15) is 5.56 Å². The second-order valence-electron chi connectivity index (χ2n) is 8.67. The zero-order valence-electron chi connectivity index (χ0n) is 18.7. The zero-order chi connectivity index (χ0) is 22.9. The molecule has 0 atom stereocenters. The number of anilines is 2. The summed E-state index contributed by atoms with van der Waals surface area (Å²) in [7, 11) is 0. The van der Waals surface area contributed by atoms with Gasteiger partial charge in [0.2, 0.25) is 10.1 Å². The Morgan fingerprint density at radius 3 is 2.45 bits per heavy atom. The van der Waals surface area contributed by atoms with Crippen LogP contribution in [0.2, 0.25) is 5.02 Å². The highest BCUT2D eigenvalue weighted by Gasteiger charge is 2.26. The van der Waals surface area contributed by atoms with Crippen LogP contribution in [0.5, 0.6) is 0 Å². The summed E-state index contributed by atoms with van der Waals surface area (Å²) >= 11 is 7.58. The lowest BCUT2D eigenvalue weighted by atomic mass is 10.1. The molecular weight excluding hydrogens is 460 g/mol. The van der Waals surface area contributed by atoms with E-state index >= 15 is 0 Å². The van der Waals surface area contributed by atoms with Crippen LogP contribution in [-0.2, 0) is 0 Å². The summed E-state index contributed by atoms with van der Waals surface area (Å²) in [4.78, 5) is 37.4. The van der Waals surface area contributed by atoms with E-state index in [1.165, 1.54) is 34.9 Å². The first-order valence-corrected chi connectivity index (χ1v) is 12.6. The molecular formula is C23H27ClN6O2S. The number of benzene rings is 1. The van der Waals surface area contributed by atoms with Crippen molar-refractivity contribution < 1.29 is 4.79 Å². The smallest absolute Gasteiger partial charge is 0.288 e. The molecule has 33 heavy (non-hydrogen) atoms. The molecule has 0 saturated carbocycles. The Morgan fingerprint density at radius 1 is 1.00 bits per heavy atom. The van der Waals surface area contributed by atoms with E-state index in [9.17, 15) is 9.59 Å². The number of halogens is 1. The number of rotatable bonds is 3. The van der Waals surface area contributed by atoms with Crippen LogP contribution >= 0.6 is 22.9 Å². The Bertz CT molecular complexity index is 1230. The molecule has 0 N–H and O–H groups in total. The molecule has 0 bridgehead atoms. The van der Waals surface area contributed by atoms with Gasteiger partial charge in [-0.2, -0.15) is 4.52 Å². The third-order valence-corrected chi connectivity index (χ3v) is 7.68. The minimum absolute atomic E-state index is 0.0765. The minimum atomic E-state index is -0.393. The fraction of sp³-hybridized carbons (Fsp3) is 0.478. The Hall–Kier alpha value is -2.65. The van der Waals surface area contributed by atoms with E-state index < -0.39 is 5.56 Å². The quantitative estimate of drug-likeness (QED) is 0.564. The highest BCUT2D eigenvalue weighted by molar-refractivity contribution is 7.20. The molecule has 3 aromatic rings. The Labute approximate surface area is 201 Å². The number of hydrogen-bond acceptors (Lipinski definition) is 7. The third kappa shape index (κ3) is 4.44. The fourth-order valence-electron chi connectivity index (χ4n) is 4.56. The molecule has 0 radical (unpaired) electrons. The molecule has 2 saturated heterocycles. The van der Waals surface area contributed by atoms with Crippen molar-refractivity contribution in [3.05, 3.63) is 50.9 Å². The van der Waals surface area contributed by atoms with E-state index in [-0.39, 0.29) is 11.5 Å². The lowest BCUT2D eigenvalue weighted by molar-refractivity contribution is 0.0744. The van der Waals surface area contributed by atoms with Gasteiger partial charge in [0.05, 0.1) is 0 Å². The van der Waals surface area contributed by atoms with Crippen molar-refractivity contribution in [2.75, 3.05) is 49.1 Å². The van der Waals surface area contributed by atoms with Gasteiger partial charge in [0, 0.05) is 56.2 Å². The van der Waals surface area contributed by atoms with E-state index in [1.807, 2.05) is 18.2 Å². The van der Waals surface area contributed by atoms with Gasteiger partial charge in [-0.3, -0.25) is 9.59 Å². The molecule has 10 heteroatoms. The van der Waals surface area contributed by atoms with E-state index in [0.717, 1.165) is 42.3 Å². The standard InChI is InChI=1S/C23H27ClN6O2S/c1-16-6-7-17(24)14-19(16)27-10-12-28(13-11-27)20(31)18-15-25-22-30(21(18)32)26-23(33-22)29-8-4-2-3-5-9-29/h6-7,14-15H,2-5,8-13H2,1H3. The minimum Gasteiger partial charge on any atom is -0.368 e. The van der Waals surface area contributed by atoms with E-state index in [1.54, 1.807) is 4.90 Å². The number of hydrogen-bond donors (Lipinski definition) is 0. The molecule has 2 aliphatic rings. The first kappa shape index (κ1) is 22.2.